The first-order valence-electron chi connectivity index (χ1n) is 5.59. The highest BCUT2D eigenvalue weighted by molar-refractivity contribution is 5.67. The molecule has 0 unspecified atom stereocenters. The van der Waals surface area contributed by atoms with Crippen LogP contribution in [0.25, 0.3) is 0 Å². The minimum absolute atomic E-state index is 0.680. The standard InChI is InChI=1S/C14H17N3/c1-10-4-5-14(11(2)6-10)17(3)13-7-12(15)8-16-9-13/h4-9H,15H2,1-3H3. The fraction of sp³-hybridized carbons (Fsp3) is 0.214. The smallest absolute Gasteiger partial charge is 0.0615 e. The minimum atomic E-state index is 0.680. The lowest BCUT2D eigenvalue weighted by molar-refractivity contribution is 1.15. The second-order valence-corrected chi connectivity index (χ2v) is 4.33. The van der Waals surface area contributed by atoms with E-state index >= 15 is 0 Å². The Morgan fingerprint density at radius 2 is 1.88 bits per heavy atom. The molecular formula is C14H17N3. The molecule has 0 fully saturated rings. The van der Waals surface area contributed by atoms with Crippen molar-refractivity contribution < 1.29 is 0 Å². The van der Waals surface area contributed by atoms with Crippen LogP contribution < -0.4 is 10.6 Å². The van der Waals surface area contributed by atoms with Gasteiger partial charge in [-0.2, -0.15) is 0 Å². The van der Waals surface area contributed by atoms with Gasteiger partial charge in [0, 0.05) is 18.9 Å². The molecule has 2 aromatic rings. The number of pyridine rings is 1. The van der Waals surface area contributed by atoms with Crippen molar-refractivity contribution >= 4 is 17.1 Å². The van der Waals surface area contributed by atoms with Gasteiger partial charge in [-0.1, -0.05) is 17.7 Å². The van der Waals surface area contributed by atoms with E-state index in [-0.39, 0.29) is 0 Å². The Morgan fingerprint density at radius 1 is 1.12 bits per heavy atom. The molecule has 0 aliphatic heterocycles. The molecule has 0 saturated carbocycles. The van der Waals surface area contributed by atoms with E-state index in [4.69, 9.17) is 5.73 Å². The normalized spacial score (nSPS) is 10.3. The van der Waals surface area contributed by atoms with Gasteiger partial charge in [0.15, 0.2) is 0 Å². The van der Waals surface area contributed by atoms with E-state index in [0.29, 0.717) is 5.69 Å². The number of nitrogens with zero attached hydrogens (tertiary/aromatic N) is 2. The number of rotatable bonds is 2. The topological polar surface area (TPSA) is 42.2 Å². The Hall–Kier alpha value is -2.03. The molecule has 1 aromatic heterocycles. The monoisotopic (exact) mass is 227 g/mol. The molecule has 3 nitrogen and oxygen atoms in total. The second-order valence-electron chi connectivity index (χ2n) is 4.33. The second kappa shape index (κ2) is 4.45. The summed E-state index contributed by atoms with van der Waals surface area (Å²) in [6, 6.07) is 8.32. The summed E-state index contributed by atoms with van der Waals surface area (Å²) < 4.78 is 0. The average Bonchev–Trinajstić information content (AvgIpc) is 2.28. The molecule has 1 aromatic carbocycles. The van der Waals surface area contributed by atoms with Gasteiger partial charge in [0.1, 0.15) is 0 Å². The predicted molar refractivity (Wildman–Crippen MR) is 72.6 cm³/mol. The number of nitrogen functional groups attached to an aromatic ring is 1. The lowest BCUT2D eigenvalue weighted by atomic mass is 10.1. The summed E-state index contributed by atoms with van der Waals surface area (Å²) in [4.78, 5) is 6.21. The van der Waals surface area contributed by atoms with E-state index in [2.05, 4.69) is 41.9 Å². The quantitative estimate of drug-likeness (QED) is 0.857. The van der Waals surface area contributed by atoms with Gasteiger partial charge in [0.2, 0.25) is 0 Å². The number of hydrogen-bond donors (Lipinski definition) is 1. The molecule has 3 heteroatoms. The maximum atomic E-state index is 5.75. The van der Waals surface area contributed by atoms with E-state index in [1.165, 1.54) is 16.8 Å². The van der Waals surface area contributed by atoms with Crippen molar-refractivity contribution in [1.29, 1.82) is 0 Å². The Morgan fingerprint density at radius 3 is 2.53 bits per heavy atom. The van der Waals surface area contributed by atoms with Crippen LogP contribution in [0.2, 0.25) is 0 Å². The van der Waals surface area contributed by atoms with Gasteiger partial charge < -0.3 is 10.6 Å². The average molecular weight is 227 g/mol. The van der Waals surface area contributed by atoms with Gasteiger partial charge in [0.25, 0.3) is 0 Å². The maximum Gasteiger partial charge on any atom is 0.0615 e. The van der Waals surface area contributed by atoms with Gasteiger partial charge >= 0.3 is 0 Å². The summed E-state index contributed by atoms with van der Waals surface area (Å²) in [5.41, 5.74) is 11.1. The molecule has 0 saturated heterocycles. The zero-order chi connectivity index (χ0) is 12.4. The Bertz CT molecular complexity index is 535. The van der Waals surface area contributed by atoms with Crippen molar-refractivity contribution in [1.82, 2.24) is 4.98 Å². The molecule has 0 radical (unpaired) electrons. The van der Waals surface area contributed by atoms with Crippen molar-refractivity contribution in [2.45, 2.75) is 13.8 Å². The third-order valence-corrected chi connectivity index (χ3v) is 2.85. The largest absolute Gasteiger partial charge is 0.397 e. The Labute approximate surface area is 102 Å². The first kappa shape index (κ1) is 11.5. The van der Waals surface area contributed by atoms with E-state index < -0.39 is 0 Å². The molecule has 0 bridgehead atoms. The number of hydrogen-bond acceptors (Lipinski definition) is 3. The number of anilines is 3. The first-order chi connectivity index (χ1) is 8.08. The molecule has 2 N–H and O–H groups in total. The fourth-order valence-corrected chi connectivity index (χ4v) is 1.95. The Kier molecular flexibility index (Phi) is 3.00. The molecule has 17 heavy (non-hydrogen) atoms. The van der Waals surface area contributed by atoms with Gasteiger partial charge in [0.05, 0.1) is 17.6 Å². The van der Waals surface area contributed by atoms with E-state index in [1.807, 2.05) is 19.3 Å². The lowest BCUT2D eigenvalue weighted by Gasteiger charge is -2.21. The summed E-state index contributed by atoms with van der Waals surface area (Å²) in [5.74, 6) is 0. The van der Waals surface area contributed by atoms with Crippen molar-refractivity contribution in [2.24, 2.45) is 0 Å². The minimum Gasteiger partial charge on any atom is -0.397 e. The van der Waals surface area contributed by atoms with Crippen molar-refractivity contribution in [3.8, 4) is 0 Å². The van der Waals surface area contributed by atoms with Crippen LogP contribution in [0.3, 0.4) is 0 Å². The molecule has 0 amide bonds. The van der Waals surface area contributed by atoms with Crippen molar-refractivity contribution in [3.05, 3.63) is 47.8 Å². The first-order valence-corrected chi connectivity index (χ1v) is 5.59. The summed E-state index contributed by atoms with van der Waals surface area (Å²) in [7, 11) is 2.02. The number of benzene rings is 1. The number of aromatic nitrogens is 1. The van der Waals surface area contributed by atoms with Gasteiger partial charge in [-0.05, 0) is 31.5 Å². The lowest BCUT2D eigenvalue weighted by Crippen LogP contribution is -2.11. The van der Waals surface area contributed by atoms with Crippen LogP contribution in [-0.2, 0) is 0 Å². The van der Waals surface area contributed by atoms with E-state index in [9.17, 15) is 0 Å². The summed E-state index contributed by atoms with van der Waals surface area (Å²) in [6.45, 7) is 4.21. The highest BCUT2D eigenvalue weighted by Gasteiger charge is 2.07. The summed E-state index contributed by atoms with van der Waals surface area (Å²) >= 11 is 0. The fourth-order valence-electron chi connectivity index (χ4n) is 1.95. The summed E-state index contributed by atoms with van der Waals surface area (Å²) in [5, 5.41) is 0. The van der Waals surface area contributed by atoms with Crippen molar-refractivity contribution in [3.63, 3.8) is 0 Å². The van der Waals surface area contributed by atoms with Crippen LogP contribution >= 0.6 is 0 Å². The number of nitrogens with two attached hydrogens (primary N) is 1. The summed E-state index contributed by atoms with van der Waals surface area (Å²) in [6.07, 6.45) is 3.47. The van der Waals surface area contributed by atoms with Gasteiger partial charge in [-0.3, -0.25) is 4.98 Å². The van der Waals surface area contributed by atoms with Crippen molar-refractivity contribution in [2.75, 3.05) is 17.7 Å². The van der Waals surface area contributed by atoms with Crippen LogP contribution in [-0.4, -0.2) is 12.0 Å². The SMILES string of the molecule is Cc1ccc(N(C)c2cncc(N)c2)c(C)c1. The van der Waals surface area contributed by atoms with Crippen LogP contribution in [0.1, 0.15) is 11.1 Å². The highest BCUT2D eigenvalue weighted by Crippen LogP contribution is 2.27. The molecule has 88 valence electrons. The maximum absolute atomic E-state index is 5.75. The van der Waals surface area contributed by atoms with Gasteiger partial charge in [-0.15, -0.1) is 0 Å². The zero-order valence-corrected chi connectivity index (χ0v) is 10.4. The van der Waals surface area contributed by atoms with Gasteiger partial charge in [-0.25, -0.2) is 0 Å². The van der Waals surface area contributed by atoms with E-state index in [1.54, 1.807) is 6.20 Å². The van der Waals surface area contributed by atoms with Crippen LogP contribution in [0.4, 0.5) is 17.1 Å². The molecule has 1 heterocycles. The number of aryl methyl sites for hydroxylation is 2. The van der Waals surface area contributed by atoms with Crippen LogP contribution in [0.15, 0.2) is 36.7 Å². The predicted octanol–water partition coefficient (Wildman–Crippen LogP) is 3.05. The van der Waals surface area contributed by atoms with Crippen LogP contribution in [0, 0.1) is 13.8 Å². The third-order valence-electron chi connectivity index (χ3n) is 2.85. The van der Waals surface area contributed by atoms with Crippen LogP contribution in [0.5, 0.6) is 0 Å². The highest BCUT2D eigenvalue weighted by atomic mass is 15.1. The molecular weight excluding hydrogens is 210 g/mol. The molecule has 0 spiro atoms. The van der Waals surface area contributed by atoms with E-state index in [0.717, 1.165) is 5.69 Å². The third kappa shape index (κ3) is 2.38. The Balaban J connectivity index is 2.40. The molecule has 0 aliphatic rings. The molecule has 0 aliphatic carbocycles. The zero-order valence-electron chi connectivity index (χ0n) is 10.4. The molecule has 2 rings (SSSR count). The molecule has 0 atom stereocenters.